The maximum atomic E-state index is 13.0. The summed E-state index contributed by atoms with van der Waals surface area (Å²) in [5.41, 5.74) is 2.91. The molecule has 0 unspecified atom stereocenters. The molecular formula is C24H17BrN2O5S2. The van der Waals surface area contributed by atoms with E-state index in [0.29, 0.717) is 19.5 Å². The summed E-state index contributed by atoms with van der Waals surface area (Å²) >= 11 is 4.66. The Morgan fingerprint density at radius 1 is 1.09 bits per heavy atom. The van der Waals surface area contributed by atoms with Gasteiger partial charge in [0, 0.05) is 0 Å². The predicted molar refractivity (Wildman–Crippen MR) is 135 cm³/mol. The number of fused-ring (bicyclic) bond motifs is 3. The lowest BCUT2D eigenvalue weighted by molar-refractivity contribution is 0.389. The van der Waals surface area contributed by atoms with Crippen molar-refractivity contribution in [3.8, 4) is 11.5 Å². The number of imidazole rings is 1. The van der Waals surface area contributed by atoms with Crippen molar-refractivity contribution in [2.75, 3.05) is 7.11 Å². The van der Waals surface area contributed by atoms with E-state index >= 15 is 0 Å². The van der Waals surface area contributed by atoms with Gasteiger partial charge in [0.05, 0.1) is 27.1 Å². The van der Waals surface area contributed by atoms with E-state index in [9.17, 15) is 13.2 Å². The monoisotopic (exact) mass is 556 g/mol. The van der Waals surface area contributed by atoms with E-state index in [4.69, 9.17) is 8.92 Å². The molecule has 3 aromatic carbocycles. The first-order chi connectivity index (χ1) is 16.3. The lowest BCUT2D eigenvalue weighted by Gasteiger charge is -2.13. The minimum Gasteiger partial charge on any atom is -0.493 e. The molecule has 2 heterocycles. The van der Waals surface area contributed by atoms with Crippen molar-refractivity contribution in [1.29, 1.82) is 0 Å². The molecule has 0 aliphatic carbocycles. The molecular weight excluding hydrogens is 540 g/mol. The topological polar surface area (TPSA) is 87.0 Å². The molecule has 7 nitrogen and oxygen atoms in total. The molecule has 172 valence electrons. The van der Waals surface area contributed by atoms with Gasteiger partial charge in [-0.25, -0.2) is 9.38 Å². The van der Waals surface area contributed by atoms with Gasteiger partial charge in [-0.05, 0) is 70.9 Å². The molecule has 5 rings (SSSR count). The number of ether oxygens (including phenoxy) is 1. The molecule has 0 saturated heterocycles. The molecule has 0 radical (unpaired) electrons. The van der Waals surface area contributed by atoms with Gasteiger partial charge < -0.3 is 8.92 Å². The molecule has 0 amide bonds. The molecule has 0 N–H and O–H groups in total. The van der Waals surface area contributed by atoms with Crippen LogP contribution in [0.1, 0.15) is 11.1 Å². The minimum absolute atomic E-state index is 0.0227. The first kappa shape index (κ1) is 22.6. The normalized spacial score (nSPS) is 12.5. The van der Waals surface area contributed by atoms with Gasteiger partial charge in [-0.2, -0.15) is 8.42 Å². The first-order valence-corrected chi connectivity index (χ1v) is 13.1. The standard InChI is InChI=1S/C24H17BrN2O5S2/c1-14-7-9-16(10-8-14)34(29,30)32-22-17(25)11-15(12-20(22)31-2)13-21-23(28)27-19-6-4-3-5-18(19)26-24(27)33-21/h3-13H,1-2H3/b21-13+. The highest BCUT2D eigenvalue weighted by Gasteiger charge is 2.22. The van der Waals surface area contributed by atoms with Crippen molar-refractivity contribution in [1.82, 2.24) is 9.38 Å². The average Bonchev–Trinajstić information content (AvgIpc) is 3.31. The zero-order chi connectivity index (χ0) is 24.0. The number of aryl methyl sites for hydroxylation is 1. The number of thiazole rings is 1. The van der Waals surface area contributed by atoms with Crippen LogP contribution in [0.2, 0.25) is 0 Å². The number of para-hydroxylation sites is 2. The third-order valence-corrected chi connectivity index (χ3v) is 7.99. The van der Waals surface area contributed by atoms with E-state index in [1.54, 1.807) is 34.7 Å². The SMILES string of the molecule is COc1cc(/C=c2/sc3nc4ccccc4n3c2=O)cc(Br)c1OS(=O)(=O)c1ccc(C)cc1. The largest absolute Gasteiger partial charge is 0.493 e. The lowest BCUT2D eigenvalue weighted by Crippen LogP contribution is -2.22. The number of nitrogens with zero attached hydrogens (tertiary/aromatic N) is 2. The van der Waals surface area contributed by atoms with E-state index in [-0.39, 0.29) is 22.0 Å². The fourth-order valence-corrected chi connectivity index (χ4v) is 6.12. The summed E-state index contributed by atoms with van der Waals surface area (Å²) in [6, 6.07) is 17.1. The van der Waals surface area contributed by atoms with Crippen molar-refractivity contribution < 1.29 is 17.3 Å². The van der Waals surface area contributed by atoms with Crippen LogP contribution in [0, 0.1) is 6.92 Å². The number of halogens is 1. The highest BCUT2D eigenvalue weighted by molar-refractivity contribution is 9.10. The lowest BCUT2D eigenvalue weighted by atomic mass is 10.2. The zero-order valence-electron chi connectivity index (χ0n) is 18.0. The van der Waals surface area contributed by atoms with Gasteiger partial charge >= 0.3 is 10.1 Å². The molecule has 10 heteroatoms. The molecule has 0 aliphatic heterocycles. The molecule has 2 aromatic heterocycles. The van der Waals surface area contributed by atoms with Crippen LogP contribution in [0.15, 0.2) is 74.8 Å². The second kappa shape index (κ2) is 8.53. The van der Waals surface area contributed by atoms with Crippen molar-refractivity contribution in [3.05, 3.63) is 91.1 Å². The molecule has 5 aromatic rings. The summed E-state index contributed by atoms with van der Waals surface area (Å²) in [5.74, 6) is 0.227. The molecule has 0 atom stereocenters. The molecule has 34 heavy (non-hydrogen) atoms. The van der Waals surface area contributed by atoms with Crippen LogP contribution in [-0.4, -0.2) is 24.9 Å². The maximum Gasteiger partial charge on any atom is 0.339 e. The van der Waals surface area contributed by atoms with Crippen LogP contribution < -0.4 is 19.0 Å². The Hall–Kier alpha value is -3.21. The molecule has 0 saturated carbocycles. The highest BCUT2D eigenvalue weighted by atomic mass is 79.9. The Balaban J connectivity index is 1.57. The van der Waals surface area contributed by atoms with Crippen molar-refractivity contribution >= 4 is 59.5 Å². The van der Waals surface area contributed by atoms with Crippen LogP contribution in [-0.2, 0) is 10.1 Å². The van der Waals surface area contributed by atoms with Gasteiger partial charge in [0.1, 0.15) is 4.90 Å². The van der Waals surface area contributed by atoms with Gasteiger partial charge in [-0.15, -0.1) is 0 Å². The second-order valence-corrected chi connectivity index (χ2v) is 10.9. The predicted octanol–water partition coefficient (Wildman–Crippen LogP) is 4.30. The number of methoxy groups -OCH3 is 1. The number of benzene rings is 3. The average molecular weight is 557 g/mol. The van der Waals surface area contributed by atoms with E-state index in [1.807, 2.05) is 31.2 Å². The highest BCUT2D eigenvalue weighted by Crippen LogP contribution is 2.38. The van der Waals surface area contributed by atoms with Crippen LogP contribution >= 0.6 is 27.3 Å². The van der Waals surface area contributed by atoms with Crippen LogP contribution in [0.3, 0.4) is 0 Å². The summed E-state index contributed by atoms with van der Waals surface area (Å²) in [7, 11) is -2.66. The van der Waals surface area contributed by atoms with Gasteiger partial charge in [0.15, 0.2) is 16.5 Å². The van der Waals surface area contributed by atoms with E-state index < -0.39 is 10.1 Å². The Morgan fingerprint density at radius 2 is 1.82 bits per heavy atom. The van der Waals surface area contributed by atoms with Gasteiger partial charge in [0.2, 0.25) is 0 Å². The summed E-state index contributed by atoms with van der Waals surface area (Å²) in [6.07, 6.45) is 1.71. The Bertz CT molecular complexity index is 1770. The van der Waals surface area contributed by atoms with E-state index in [0.717, 1.165) is 16.6 Å². The summed E-state index contributed by atoms with van der Waals surface area (Å²) in [6.45, 7) is 1.87. The Labute approximate surface area is 207 Å². The smallest absolute Gasteiger partial charge is 0.339 e. The van der Waals surface area contributed by atoms with Gasteiger partial charge in [0.25, 0.3) is 5.56 Å². The Morgan fingerprint density at radius 3 is 2.56 bits per heavy atom. The van der Waals surface area contributed by atoms with Crippen molar-refractivity contribution in [2.45, 2.75) is 11.8 Å². The Kier molecular flexibility index (Phi) is 5.67. The summed E-state index contributed by atoms with van der Waals surface area (Å²) in [4.78, 5) is 18.2. The van der Waals surface area contributed by atoms with E-state index in [2.05, 4.69) is 20.9 Å². The third kappa shape index (κ3) is 3.97. The fourth-order valence-electron chi connectivity index (χ4n) is 3.53. The molecule has 0 fully saturated rings. The van der Waals surface area contributed by atoms with Gasteiger partial charge in [-0.3, -0.25) is 4.79 Å². The van der Waals surface area contributed by atoms with E-state index in [1.165, 1.54) is 30.6 Å². The van der Waals surface area contributed by atoms with Gasteiger partial charge in [-0.1, -0.05) is 41.2 Å². The number of aromatic nitrogens is 2. The number of rotatable bonds is 5. The van der Waals surface area contributed by atoms with Crippen molar-refractivity contribution in [3.63, 3.8) is 0 Å². The zero-order valence-corrected chi connectivity index (χ0v) is 21.2. The van der Waals surface area contributed by atoms with Crippen LogP contribution in [0.4, 0.5) is 0 Å². The quantitative estimate of drug-likeness (QED) is 0.300. The van der Waals surface area contributed by atoms with Crippen LogP contribution in [0.25, 0.3) is 22.1 Å². The first-order valence-electron chi connectivity index (χ1n) is 10.1. The maximum absolute atomic E-state index is 13.0. The molecule has 0 bridgehead atoms. The molecule has 0 aliphatic rings. The summed E-state index contributed by atoms with van der Waals surface area (Å²) < 4.78 is 38.8. The summed E-state index contributed by atoms with van der Waals surface area (Å²) in [5, 5.41) is 0. The van der Waals surface area contributed by atoms with Crippen molar-refractivity contribution in [2.24, 2.45) is 0 Å². The third-order valence-electron chi connectivity index (χ3n) is 5.20. The number of hydrogen-bond acceptors (Lipinski definition) is 7. The minimum atomic E-state index is -4.07. The second-order valence-electron chi connectivity index (χ2n) is 7.52. The molecule has 0 spiro atoms. The fraction of sp³-hybridized carbons (Fsp3) is 0.0833. The van der Waals surface area contributed by atoms with Crippen LogP contribution in [0.5, 0.6) is 11.5 Å². The number of hydrogen-bond donors (Lipinski definition) is 0.